The van der Waals surface area contributed by atoms with Crippen molar-refractivity contribution in [3.63, 3.8) is 0 Å². The van der Waals surface area contributed by atoms with Gasteiger partial charge in [-0.15, -0.1) is 0 Å². The summed E-state index contributed by atoms with van der Waals surface area (Å²) in [6.07, 6.45) is 2.26. The predicted octanol–water partition coefficient (Wildman–Crippen LogP) is 6.34. The van der Waals surface area contributed by atoms with Crippen LogP contribution in [0.5, 0.6) is 0 Å². The Morgan fingerprint density at radius 3 is 2.58 bits per heavy atom. The first-order valence-corrected chi connectivity index (χ1v) is 12.3. The van der Waals surface area contributed by atoms with Crippen LogP contribution in [-0.4, -0.2) is 23.5 Å². The molecule has 4 aromatic rings. The van der Waals surface area contributed by atoms with Gasteiger partial charge < -0.3 is 10.1 Å². The minimum absolute atomic E-state index is 0.0424. The molecule has 3 aromatic carbocycles. The molecule has 1 aliphatic carbocycles. The summed E-state index contributed by atoms with van der Waals surface area (Å²) in [5.74, 6) is -2.89. The summed E-state index contributed by atoms with van der Waals surface area (Å²) in [6.45, 7) is -0.629. The number of carbonyl (C=O) groups is 2. The molecule has 0 saturated heterocycles. The molecular formula is C28H21BrF2N2O3. The largest absolute Gasteiger partial charge is 0.452 e. The van der Waals surface area contributed by atoms with Gasteiger partial charge in [-0.05, 0) is 64.4 Å². The second kappa shape index (κ2) is 10.1. The molecule has 0 aliphatic heterocycles. The summed E-state index contributed by atoms with van der Waals surface area (Å²) in [6, 6.07) is 19.2. The number of ether oxygens (including phenoxy) is 1. The third kappa shape index (κ3) is 4.86. The Balaban J connectivity index is 1.41. The second-order valence-corrected chi connectivity index (χ2v) is 9.50. The highest BCUT2D eigenvalue weighted by atomic mass is 79.9. The molecule has 1 aliphatic rings. The number of aryl methyl sites for hydroxylation is 1. The summed E-state index contributed by atoms with van der Waals surface area (Å²) < 4.78 is 32.8. The quantitative estimate of drug-likeness (QED) is 0.294. The molecule has 1 amide bonds. The highest BCUT2D eigenvalue weighted by Crippen LogP contribution is 2.36. The van der Waals surface area contributed by atoms with Crippen LogP contribution in [0.4, 0.5) is 14.5 Å². The number of benzene rings is 3. The first-order chi connectivity index (χ1) is 17.4. The minimum Gasteiger partial charge on any atom is -0.452 e. The van der Waals surface area contributed by atoms with Crippen LogP contribution in [0, 0.1) is 11.6 Å². The first kappa shape index (κ1) is 24.1. The van der Waals surface area contributed by atoms with E-state index >= 15 is 0 Å². The maximum absolute atomic E-state index is 14.1. The van der Waals surface area contributed by atoms with E-state index in [0.717, 1.165) is 30.2 Å². The molecule has 5 rings (SSSR count). The van der Waals surface area contributed by atoms with Crippen molar-refractivity contribution in [1.82, 2.24) is 4.98 Å². The zero-order valence-electron chi connectivity index (χ0n) is 19.1. The van der Waals surface area contributed by atoms with Crippen LogP contribution in [0.2, 0.25) is 0 Å². The van der Waals surface area contributed by atoms with E-state index in [1.165, 1.54) is 5.56 Å². The number of hydrogen-bond acceptors (Lipinski definition) is 4. The van der Waals surface area contributed by atoms with E-state index in [-0.39, 0.29) is 16.1 Å². The maximum Gasteiger partial charge on any atom is 0.339 e. The van der Waals surface area contributed by atoms with Crippen molar-refractivity contribution < 1.29 is 23.1 Å². The van der Waals surface area contributed by atoms with Crippen LogP contribution in [0.15, 0.2) is 71.2 Å². The lowest BCUT2D eigenvalue weighted by Gasteiger charge is -2.27. The van der Waals surface area contributed by atoms with E-state index < -0.39 is 30.1 Å². The molecule has 1 aromatic heterocycles. The number of esters is 1. The lowest BCUT2D eigenvalue weighted by atomic mass is 9.80. The number of fused-ring (bicyclic) bond motifs is 2. The highest BCUT2D eigenvalue weighted by Gasteiger charge is 2.28. The summed E-state index contributed by atoms with van der Waals surface area (Å²) >= 11 is 3.03. The van der Waals surface area contributed by atoms with Gasteiger partial charge in [0.1, 0.15) is 5.82 Å². The van der Waals surface area contributed by atoms with Crippen LogP contribution in [0.3, 0.4) is 0 Å². The third-order valence-electron chi connectivity index (χ3n) is 6.34. The van der Waals surface area contributed by atoms with Gasteiger partial charge in [0.2, 0.25) is 0 Å². The van der Waals surface area contributed by atoms with Gasteiger partial charge in [0, 0.05) is 21.6 Å². The first-order valence-electron chi connectivity index (χ1n) is 11.5. The Labute approximate surface area is 214 Å². The van der Waals surface area contributed by atoms with E-state index in [9.17, 15) is 18.4 Å². The molecule has 0 radical (unpaired) electrons. The number of amides is 1. The van der Waals surface area contributed by atoms with Crippen molar-refractivity contribution in [1.29, 1.82) is 0 Å². The molecular weight excluding hydrogens is 530 g/mol. The zero-order valence-corrected chi connectivity index (χ0v) is 20.6. The van der Waals surface area contributed by atoms with Crippen LogP contribution < -0.4 is 5.32 Å². The Kier molecular flexibility index (Phi) is 6.78. The molecule has 5 nitrogen and oxygen atoms in total. The number of halogens is 3. The second-order valence-electron chi connectivity index (χ2n) is 8.65. The van der Waals surface area contributed by atoms with E-state index in [1.807, 2.05) is 42.5 Å². The van der Waals surface area contributed by atoms with Crippen molar-refractivity contribution in [3.8, 4) is 0 Å². The Morgan fingerprint density at radius 2 is 1.81 bits per heavy atom. The number of anilines is 1. The van der Waals surface area contributed by atoms with Gasteiger partial charge in [-0.3, -0.25) is 9.78 Å². The fourth-order valence-corrected chi connectivity index (χ4v) is 5.18. The number of rotatable bonds is 5. The lowest BCUT2D eigenvalue weighted by Crippen LogP contribution is -2.24. The molecule has 1 heterocycles. The van der Waals surface area contributed by atoms with Crippen LogP contribution in [0.1, 0.15) is 39.5 Å². The molecule has 0 saturated carbocycles. The molecule has 1 unspecified atom stereocenters. The van der Waals surface area contributed by atoms with E-state index in [4.69, 9.17) is 9.72 Å². The number of nitrogens with one attached hydrogen (secondary N) is 1. The number of aromatic nitrogens is 1. The fraction of sp³-hybridized carbons (Fsp3) is 0.179. The summed E-state index contributed by atoms with van der Waals surface area (Å²) in [7, 11) is 0. The molecule has 1 N–H and O–H groups in total. The molecule has 36 heavy (non-hydrogen) atoms. The molecule has 8 heteroatoms. The van der Waals surface area contributed by atoms with Gasteiger partial charge >= 0.3 is 5.97 Å². The van der Waals surface area contributed by atoms with Crippen LogP contribution in [-0.2, 0) is 22.4 Å². The summed E-state index contributed by atoms with van der Waals surface area (Å²) in [4.78, 5) is 30.6. The van der Waals surface area contributed by atoms with Gasteiger partial charge in [0.25, 0.3) is 5.91 Å². The normalized spacial score (nSPS) is 14.8. The topological polar surface area (TPSA) is 68.3 Å². The highest BCUT2D eigenvalue weighted by molar-refractivity contribution is 9.10. The van der Waals surface area contributed by atoms with Crippen molar-refractivity contribution in [3.05, 3.63) is 105 Å². The van der Waals surface area contributed by atoms with Crippen molar-refractivity contribution in [2.24, 2.45) is 0 Å². The molecule has 0 bridgehead atoms. The standard InChI is InChI=1S/C28H21BrF2N2O3/c29-21-13-18(30)14-22(31)27(21)33-25(34)15-36-28(35)26-19-8-4-5-9-23(19)32-24-11-10-17(12-20(24)26)16-6-2-1-3-7-16/h1-9,13-14,17H,10-12,15H2,(H,33,34). The monoisotopic (exact) mass is 550 g/mol. The number of pyridine rings is 1. The minimum atomic E-state index is -0.942. The average molecular weight is 551 g/mol. The SMILES string of the molecule is O=C(COC(=O)c1c2c(nc3ccccc13)CCC(c1ccccc1)C2)Nc1c(F)cc(F)cc1Br. The van der Waals surface area contributed by atoms with Crippen molar-refractivity contribution in [2.45, 2.75) is 25.2 Å². The average Bonchev–Trinajstić information content (AvgIpc) is 2.88. The maximum atomic E-state index is 14.1. The summed E-state index contributed by atoms with van der Waals surface area (Å²) in [5, 5.41) is 2.98. The number of nitrogens with zero attached hydrogens (tertiary/aromatic N) is 1. The third-order valence-corrected chi connectivity index (χ3v) is 6.97. The molecule has 182 valence electrons. The molecule has 1 atom stereocenters. The van der Waals surface area contributed by atoms with Gasteiger partial charge in [0.05, 0.1) is 16.8 Å². The van der Waals surface area contributed by atoms with Crippen molar-refractivity contribution in [2.75, 3.05) is 11.9 Å². The molecule has 0 fully saturated rings. The van der Waals surface area contributed by atoms with Gasteiger partial charge in [-0.1, -0.05) is 48.5 Å². The zero-order chi connectivity index (χ0) is 25.2. The number of para-hydroxylation sites is 1. The Hall–Kier alpha value is -3.65. The molecule has 0 spiro atoms. The van der Waals surface area contributed by atoms with Crippen LogP contribution >= 0.6 is 15.9 Å². The van der Waals surface area contributed by atoms with Gasteiger partial charge in [-0.2, -0.15) is 0 Å². The van der Waals surface area contributed by atoms with E-state index in [0.29, 0.717) is 29.0 Å². The lowest BCUT2D eigenvalue weighted by molar-refractivity contribution is -0.119. The van der Waals surface area contributed by atoms with E-state index in [1.54, 1.807) is 0 Å². The van der Waals surface area contributed by atoms with Gasteiger partial charge in [0.15, 0.2) is 12.4 Å². The Bertz CT molecular complexity index is 1450. The number of carbonyl (C=O) groups excluding carboxylic acids is 2. The van der Waals surface area contributed by atoms with E-state index in [2.05, 4.69) is 33.4 Å². The van der Waals surface area contributed by atoms with Crippen LogP contribution in [0.25, 0.3) is 10.9 Å². The number of hydrogen-bond donors (Lipinski definition) is 1. The van der Waals surface area contributed by atoms with Gasteiger partial charge in [-0.25, -0.2) is 13.6 Å². The summed E-state index contributed by atoms with van der Waals surface area (Å²) in [5.41, 5.74) is 3.74. The smallest absolute Gasteiger partial charge is 0.339 e. The fourth-order valence-electron chi connectivity index (χ4n) is 4.67. The van der Waals surface area contributed by atoms with Crippen molar-refractivity contribution >= 4 is 44.4 Å². The predicted molar refractivity (Wildman–Crippen MR) is 136 cm³/mol. The Morgan fingerprint density at radius 1 is 1.06 bits per heavy atom.